The van der Waals surface area contributed by atoms with Crippen LogP contribution in [0.2, 0.25) is 0 Å². The van der Waals surface area contributed by atoms with E-state index < -0.39 is 0 Å². The molecule has 2 aromatic rings. The fraction of sp³-hybridized carbons (Fsp3) is 0.231. The first-order chi connectivity index (χ1) is 7.90. The third-order valence-electron chi connectivity index (χ3n) is 2.45. The van der Waals surface area contributed by atoms with Crippen LogP contribution in [0.15, 0.2) is 42.9 Å². The van der Waals surface area contributed by atoms with Crippen molar-refractivity contribution in [2.75, 3.05) is 5.32 Å². The summed E-state index contributed by atoms with van der Waals surface area (Å²) in [5, 5.41) is 3.33. The van der Waals surface area contributed by atoms with Crippen LogP contribution in [-0.2, 0) is 13.0 Å². The minimum absolute atomic E-state index is 0.762. The molecule has 0 bridgehead atoms. The van der Waals surface area contributed by atoms with Crippen molar-refractivity contribution in [1.82, 2.24) is 9.97 Å². The van der Waals surface area contributed by atoms with Gasteiger partial charge in [-0.3, -0.25) is 4.98 Å². The van der Waals surface area contributed by atoms with Crippen LogP contribution in [0.25, 0.3) is 0 Å². The number of nitrogens with zero attached hydrogens (tertiary/aromatic N) is 2. The third-order valence-corrected chi connectivity index (χ3v) is 2.45. The Balaban J connectivity index is 2.05. The SMILES string of the molecule is CCc1cccnc1NCc1cccnc1. The fourth-order valence-electron chi connectivity index (χ4n) is 1.57. The molecule has 0 fully saturated rings. The van der Waals surface area contributed by atoms with Crippen LogP contribution in [0.5, 0.6) is 0 Å². The molecule has 0 aliphatic heterocycles. The van der Waals surface area contributed by atoms with E-state index in [-0.39, 0.29) is 0 Å². The van der Waals surface area contributed by atoms with E-state index in [1.807, 2.05) is 24.5 Å². The molecule has 3 heteroatoms. The van der Waals surface area contributed by atoms with Crippen LogP contribution < -0.4 is 5.32 Å². The Bertz CT molecular complexity index is 440. The van der Waals surface area contributed by atoms with Crippen molar-refractivity contribution in [3.8, 4) is 0 Å². The Morgan fingerprint density at radius 1 is 1.19 bits per heavy atom. The second-order valence-electron chi connectivity index (χ2n) is 3.58. The Kier molecular flexibility index (Phi) is 3.49. The second kappa shape index (κ2) is 5.26. The molecule has 2 rings (SSSR count). The first kappa shape index (κ1) is 10.6. The summed E-state index contributed by atoms with van der Waals surface area (Å²) in [6.45, 7) is 2.89. The lowest BCUT2D eigenvalue weighted by molar-refractivity contribution is 1.04. The lowest BCUT2D eigenvalue weighted by Crippen LogP contribution is -2.04. The van der Waals surface area contributed by atoms with Crippen molar-refractivity contribution in [1.29, 1.82) is 0 Å². The first-order valence-corrected chi connectivity index (χ1v) is 5.47. The van der Waals surface area contributed by atoms with Gasteiger partial charge in [0.1, 0.15) is 5.82 Å². The van der Waals surface area contributed by atoms with Gasteiger partial charge in [-0.15, -0.1) is 0 Å². The van der Waals surface area contributed by atoms with E-state index in [1.54, 1.807) is 6.20 Å². The summed E-state index contributed by atoms with van der Waals surface area (Å²) in [5.41, 5.74) is 2.40. The van der Waals surface area contributed by atoms with Gasteiger partial charge in [0.05, 0.1) is 0 Å². The largest absolute Gasteiger partial charge is 0.366 e. The van der Waals surface area contributed by atoms with E-state index in [0.717, 1.165) is 24.3 Å². The lowest BCUT2D eigenvalue weighted by Gasteiger charge is -2.08. The Morgan fingerprint density at radius 3 is 2.81 bits per heavy atom. The van der Waals surface area contributed by atoms with Gasteiger partial charge in [0, 0.05) is 25.1 Å². The highest BCUT2D eigenvalue weighted by Crippen LogP contribution is 2.12. The van der Waals surface area contributed by atoms with Gasteiger partial charge in [0.25, 0.3) is 0 Å². The molecule has 1 N–H and O–H groups in total. The van der Waals surface area contributed by atoms with Crippen molar-refractivity contribution in [2.45, 2.75) is 19.9 Å². The minimum Gasteiger partial charge on any atom is -0.366 e. The van der Waals surface area contributed by atoms with E-state index in [4.69, 9.17) is 0 Å². The number of rotatable bonds is 4. The van der Waals surface area contributed by atoms with Gasteiger partial charge in [0.2, 0.25) is 0 Å². The molecular weight excluding hydrogens is 198 g/mol. The van der Waals surface area contributed by atoms with Crippen LogP contribution >= 0.6 is 0 Å². The molecule has 0 saturated carbocycles. The number of aromatic nitrogens is 2. The van der Waals surface area contributed by atoms with Gasteiger partial charge in [-0.05, 0) is 29.7 Å². The zero-order valence-electron chi connectivity index (χ0n) is 9.35. The molecule has 0 saturated heterocycles. The van der Waals surface area contributed by atoms with Crippen molar-refractivity contribution in [3.05, 3.63) is 54.0 Å². The molecule has 2 aromatic heterocycles. The van der Waals surface area contributed by atoms with Gasteiger partial charge in [-0.25, -0.2) is 4.98 Å². The molecule has 0 aliphatic rings. The molecule has 82 valence electrons. The molecule has 3 nitrogen and oxygen atoms in total. The quantitative estimate of drug-likeness (QED) is 0.848. The molecule has 0 spiro atoms. The Morgan fingerprint density at radius 2 is 2.06 bits per heavy atom. The number of nitrogens with one attached hydrogen (secondary N) is 1. The van der Waals surface area contributed by atoms with Crippen LogP contribution in [-0.4, -0.2) is 9.97 Å². The highest BCUT2D eigenvalue weighted by atomic mass is 15.0. The average Bonchev–Trinajstić information content (AvgIpc) is 2.38. The molecular formula is C13H15N3. The average molecular weight is 213 g/mol. The number of aryl methyl sites for hydroxylation is 1. The van der Waals surface area contributed by atoms with Crippen molar-refractivity contribution >= 4 is 5.82 Å². The zero-order chi connectivity index (χ0) is 11.2. The van der Waals surface area contributed by atoms with Crippen LogP contribution in [0.1, 0.15) is 18.1 Å². The van der Waals surface area contributed by atoms with Crippen LogP contribution in [0, 0.1) is 0 Å². The van der Waals surface area contributed by atoms with Gasteiger partial charge >= 0.3 is 0 Å². The second-order valence-corrected chi connectivity index (χ2v) is 3.58. The Labute approximate surface area is 95.6 Å². The molecule has 0 amide bonds. The summed E-state index contributed by atoms with van der Waals surface area (Å²) in [5.74, 6) is 0.967. The fourth-order valence-corrected chi connectivity index (χ4v) is 1.57. The summed E-state index contributed by atoms with van der Waals surface area (Å²) in [6, 6.07) is 8.05. The maximum atomic E-state index is 4.33. The predicted molar refractivity (Wildman–Crippen MR) is 65.2 cm³/mol. The highest BCUT2D eigenvalue weighted by molar-refractivity contribution is 5.44. The van der Waals surface area contributed by atoms with Crippen molar-refractivity contribution in [2.24, 2.45) is 0 Å². The monoisotopic (exact) mass is 213 g/mol. The number of hydrogen-bond acceptors (Lipinski definition) is 3. The maximum absolute atomic E-state index is 4.33. The maximum Gasteiger partial charge on any atom is 0.129 e. The molecule has 16 heavy (non-hydrogen) atoms. The molecule has 0 aliphatic carbocycles. The van der Waals surface area contributed by atoms with Gasteiger partial charge < -0.3 is 5.32 Å². The number of anilines is 1. The molecule has 0 atom stereocenters. The Hall–Kier alpha value is -1.90. The summed E-state index contributed by atoms with van der Waals surface area (Å²) in [4.78, 5) is 8.41. The number of pyridine rings is 2. The lowest BCUT2D eigenvalue weighted by atomic mass is 10.2. The smallest absolute Gasteiger partial charge is 0.129 e. The minimum atomic E-state index is 0.762. The van der Waals surface area contributed by atoms with E-state index in [9.17, 15) is 0 Å². The third kappa shape index (κ3) is 2.57. The predicted octanol–water partition coefficient (Wildman–Crippen LogP) is 2.65. The van der Waals surface area contributed by atoms with E-state index in [0.29, 0.717) is 0 Å². The standard InChI is InChI=1S/C13H15N3/c1-2-12-6-4-8-15-13(12)16-10-11-5-3-7-14-9-11/h3-9H,2,10H2,1H3,(H,15,16). The molecule has 0 unspecified atom stereocenters. The van der Waals surface area contributed by atoms with Crippen LogP contribution in [0.4, 0.5) is 5.82 Å². The van der Waals surface area contributed by atoms with Crippen molar-refractivity contribution < 1.29 is 0 Å². The highest BCUT2D eigenvalue weighted by Gasteiger charge is 2.00. The van der Waals surface area contributed by atoms with Crippen LogP contribution in [0.3, 0.4) is 0 Å². The first-order valence-electron chi connectivity index (χ1n) is 5.47. The van der Waals surface area contributed by atoms with E-state index in [1.165, 1.54) is 5.56 Å². The topological polar surface area (TPSA) is 37.8 Å². The molecule has 0 aromatic carbocycles. The number of hydrogen-bond donors (Lipinski definition) is 1. The summed E-state index contributed by atoms with van der Waals surface area (Å²) in [6.07, 6.45) is 6.44. The van der Waals surface area contributed by atoms with Gasteiger partial charge in [0.15, 0.2) is 0 Å². The van der Waals surface area contributed by atoms with Gasteiger partial charge in [-0.1, -0.05) is 19.1 Å². The van der Waals surface area contributed by atoms with E-state index >= 15 is 0 Å². The van der Waals surface area contributed by atoms with E-state index in [2.05, 4.69) is 34.3 Å². The normalized spacial score (nSPS) is 10.1. The summed E-state index contributed by atoms with van der Waals surface area (Å²) in [7, 11) is 0. The zero-order valence-corrected chi connectivity index (χ0v) is 9.35. The van der Waals surface area contributed by atoms with Gasteiger partial charge in [-0.2, -0.15) is 0 Å². The molecule has 0 radical (unpaired) electrons. The molecule has 2 heterocycles. The van der Waals surface area contributed by atoms with Crippen molar-refractivity contribution in [3.63, 3.8) is 0 Å². The summed E-state index contributed by atoms with van der Waals surface area (Å²) >= 11 is 0. The summed E-state index contributed by atoms with van der Waals surface area (Å²) < 4.78 is 0.